The number of nitriles is 1. The first-order valence-electron chi connectivity index (χ1n) is 6.23. The van der Waals surface area contributed by atoms with Crippen molar-refractivity contribution < 1.29 is 14.7 Å². The number of carboxylic acids is 1. The zero-order valence-corrected chi connectivity index (χ0v) is 11.2. The van der Waals surface area contributed by atoms with Crippen molar-refractivity contribution in [3.8, 4) is 6.07 Å². The molecule has 0 aliphatic rings. The maximum Gasteiger partial charge on any atom is 0.305 e. The van der Waals surface area contributed by atoms with Crippen molar-refractivity contribution in [1.29, 1.82) is 5.26 Å². The number of aliphatic carboxylic acids is 1. The van der Waals surface area contributed by atoms with Gasteiger partial charge in [0.05, 0.1) is 24.1 Å². The summed E-state index contributed by atoms with van der Waals surface area (Å²) in [5.74, 6) is -1.54. The van der Waals surface area contributed by atoms with Crippen molar-refractivity contribution in [3.05, 3.63) is 35.4 Å². The molecule has 1 rings (SSSR count). The number of carbonyl (C=O) groups excluding carboxylic acids is 1. The molecule has 0 aliphatic heterocycles. The monoisotopic (exact) mass is 275 g/mol. The molecule has 1 atom stereocenters. The Morgan fingerprint density at radius 2 is 2.10 bits per heavy atom. The molecule has 1 aromatic carbocycles. The summed E-state index contributed by atoms with van der Waals surface area (Å²) in [6, 6.07) is 7.96. The summed E-state index contributed by atoms with van der Waals surface area (Å²) < 4.78 is 0. The highest BCUT2D eigenvalue weighted by Crippen LogP contribution is 2.11. The molecule has 1 amide bonds. The third-order valence-corrected chi connectivity index (χ3v) is 2.90. The van der Waals surface area contributed by atoms with Crippen molar-refractivity contribution in [2.45, 2.75) is 25.9 Å². The highest BCUT2D eigenvalue weighted by Gasteiger charge is 2.22. The largest absolute Gasteiger partial charge is 0.481 e. The van der Waals surface area contributed by atoms with Crippen LogP contribution in [-0.4, -0.2) is 34.5 Å². The van der Waals surface area contributed by atoms with Crippen molar-refractivity contribution in [3.63, 3.8) is 0 Å². The summed E-state index contributed by atoms with van der Waals surface area (Å²) in [5.41, 5.74) is 6.79. The molecule has 6 nitrogen and oxygen atoms in total. The molecule has 0 radical (unpaired) electrons. The van der Waals surface area contributed by atoms with E-state index in [1.54, 1.807) is 31.2 Å². The molecule has 0 aliphatic carbocycles. The normalized spacial score (nSPS) is 11.4. The minimum absolute atomic E-state index is 0.242. The van der Waals surface area contributed by atoms with Gasteiger partial charge in [0.15, 0.2) is 0 Å². The van der Waals surface area contributed by atoms with Crippen LogP contribution < -0.4 is 5.73 Å². The number of hydrogen-bond acceptors (Lipinski definition) is 4. The molecule has 0 heterocycles. The van der Waals surface area contributed by atoms with Crippen molar-refractivity contribution in [1.82, 2.24) is 4.90 Å². The maximum absolute atomic E-state index is 12.1. The van der Waals surface area contributed by atoms with E-state index in [1.165, 1.54) is 4.90 Å². The molecule has 0 spiro atoms. The predicted molar refractivity (Wildman–Crippen MR) is 72.5 cm³/mol. The Labute approximate surface area is 117 Å². The minimum atomic E-state index is -1.11. The predicted octanol–water partition coefficient (Wildman–Crippen LogP) is 0.709. The lowest BCUT2D eigenvalue weighted by Gasteiger charge is -2.24. The lowest BCUT2D eigenvalue weighted by molar-refractivity contribution is -0.142. The van der Waals surface area contributed by atoms with Crippen LogP contribution in [0.2, 0.25) is 0 Å². The molecule has 20 heavy (non-hydrogen) atoms. The number of likely N-dealkylation sites (N-methyl/N-ethyl adjacent to an activating group) is 1. The van der Waals surface area contributed by atoms with Crippen LogP contribution in [0.4, 0.5) is 0 Å². The summed E-state index contributed by atoms with van der Waals surface area (Å²) in [5, 5.41) is 17.7. The Bertz CT molecular complexity index is 537. The Hall–Kier alpha value is -2.39. The molecule has 1 aromatic rings. The summed E-state index contributed by atoms with van der Waals surface area (Å²) in [6.45, 7) is 2.42. The van der Waals surface area contributed by atoms with E-state index in [9.17, 15) is 9.59 Å². The summed E-state index contributed by atoms with van der Waals surface area (Å²) >= 11 is 0. The van der Waals surface area contributed by atoms with Gasteiger partial charge in [-0.15, -0.1) is 0 Å². The Balaban J connectivity index is 2.84. The molecule has 0 fully saturated rings. The molecule has 0 aromatic heterocycles. The fourth-order valence-electron chi connectivity index (χ4n) is 1.83. The topological polar surface area (TPSA) is 107 Å². The first-order valence-corrected chi connectivity index (χ1v) is 6.23. The van der Waals surface area contributed by atoms with Crippen LogP contribution in [0.5, 0.6) is 0 Å². The fraction of sp³-hybridized carbons (Fsp3) is 0.357. The third-order valence-electron chi connectivity index (χ3n) is 2.90. The number of carboxylic acid groups (broad SMARTS) is 1. The smallest absolute Gasteiger partial charge is 0.305 e. The number of benzene rings is 1. The van der Waals surface area contributed by atoms with Gasteiger partial charge in [0.2, 0.25) is 5.91 Å². The standard InChI is InChI=1S/C14H17N3O3/c1-2-17(14(20)12(16)7-13(18)19)9-11-6-4-3-5-10(11)8-15/h3-6,12H,2,7,9,16H2,1H3,(H,18,19). The van der Waals surface area contributed by atoms with Gasteiger partial charge in [0.25, 0.3) is 0 Å². The maximum atomic E-state index is 12.1. The molecular weight excluding hydrogens is 258 g/mol. The van der Waals surface area contributed by atoms with Crippen LogP contribution in [0.15, 0.2) is 24.3 Å². The van der Waals surface area contributed by atoms with Crippen LogP contribution >= 0.6 is 0 Å². The number of amides is 1. The minimum Gasteiger partial charge on any atom is -0.481 e. The number of carbonyl (C=O) groups is 2. The highest BCUT2D eigenvalue weighted by atomic mass is 16.4. The van der Waals surface area contributed by atoms with E-state index in [1.807, 2.05) is 0 Å². The quantitative estimate of drug-likeness (QED) is 0.795. The van der Waals surface area contributed by atoms with E-state index in [2.05, 4.69) is 6.07 Å². The average molecular weight is 275 g/mol. The first-order chi connectivity index (χ1) is 9.49. The number of hydrogen-bond donors (Lipinski definition) is 2. The summed E-state index contributed by atoms with van der Waals surface area (Å²) in [7, 11) is 0. The van der Waals surface area contributed by atoms with E-state index in [0.29, 0.717) is 17.7 Å². The molecule has 106 valence electrons. The van der Waals surface area contributed by atoms with Gasteiger partial charge in [-0.1, -0.05) is 18.2 Å². The molecule has 0 saturated heterocycles. The van der Waals surface area contributed by atoms with E-state index < -0.39 is 24.3 Å². The summed E-state index contributed by atoms with van der Waals surface area (Å²) in [6.07, 6.45) is -0.408. The van der Waals surface area contributed by atoms with Gasteiger partial charge in [-0.3, -0.25) is 9.59 Å². The van der Waals surface area contributed by atoms with Gasteiger partial charge in [-0.05, 0) is 18.6 Å². The second-order valence-electron chi connectivity index (χ2n) is 4.33. The van der Waals surface area contributed by atoms with Crippen LogP contribution in [0.3, 0.4) is 0 Å². The molecule has 6 heteroatoms. The lowest BCUT2D eigenvalue weighted by Crippen LogP contribution is -2.44. The van der Waals surface area contributed by atoms with E-state index in [-0.39, 0.29) is 6.54 Å². The molecule has 3 N–H and O–H groups in total. The highest BCUT2D eigenvalue weighted by molar-refractivity contribution is 5.86. The van der Waals surface area contributed by atoms with Crippen molar-refractivity contribution in [2.24, 2.45) is 5.73 Å². The van der Waals surface area contributed by atoms with Crippen LogP contribution in [0.25, 0.3) is 0 Å². The van der Waals surface area contributed by atoms with Crippen LogP contribution in [0, 0.1) is 11.3 Å². The van der Waals surface area contributed by atoms with E-state index >= 15 is 0 Å². The number of nitrogens with two attached hydrogens (primary N) is 1. The molecule has 1 unspecified atom stereocenters. The second kappa shape index (κ2) is 7.26. The Kier molecular flexibility index (Phi) is 5.69. The van der Waals surface area contributed by atoms with Gasteiger partial charge in [0, 0.05) is 13.1 Å². The van der Waals surface area contributed by atoms with Crippen LogP contribution in [0.1, 0.15) is 24.5 Å². The average Bonchev–Trinajstić information content (AvgIpc) is 2.43. The van der Waals surface area contributed by atoms with Crippen molar-refractivity contribution in [2.75, 3.05) is 6.54 Å². The summed E-state index contributed by atoms with van der Waals surface area (Å²) in [4.78, 5) is 24.1. The second-order valence-corrected chi connectivity index (χ2v) is 4.33. The molecule has 0 bridgehead atoms. The van der Waals surface area contributed by atoms with Gasteiger partial charge >= 0.3 is 5.97 Å². The Morgan fingerprint density at radius 3 is 2.65 bits per heavy atom. The fourth-order valence-corrected chi connectivity index (χ4v) is 1.83. The number of rotatable bonds is 6. The van der Waals surface area contributed by atoms with Gasteiger partial charge in [-0.25, -0.2) is 0 Å². The number of nitrogens with zero attached hydrogens (tertiary/aromatic N) is 2. The van der Waals surface area contributed by atoms with Gasteiger partial charge in [-0.2, -0.15) is 5.26 Å². The first kappa shape index (κ1) is 15.7. The lowest BCUT2D eigenvalue weighted by atomic mass is 10.1. The third kappa shape index (κ3) is 4.07. The van der Waals surface area contributed by atoms with Gasteiger partial charge < -0.3 is 15.7 Å². The van der Waals surface area contributed by atoms with E-state index in [4.69, 9.17) is 16.1 Å². The van der Waals surface area contributed by atoms with Crippen LogP contribution in [-0.2, 0) is 16.1 Å². The zero-order chi connectivity index (χ0) is 15.1. The van der Waals surface area contributed by atoms with E-state index in [0.717, 1.165) is 0 Å². The Morgan fingerprint density at radius 1 is 1.45 bits per heavy atom. The molecular formula is C14H17N3O3. The van der Waals surface area contributed by atoms with Gasteiger partial charge in [0.1, 0.15) is 0 Å². The zero-order valence-electron chi connectivity index (χ0n) is 11.2. The SMILES string of the molecule is CCN(Cc1ccccc1C#N)C(=O)C(N)CC(=O)O. The molecule has 0 saturated carbocycles. The van der Waals surface area contributed by atoms with Crippen molar-refractivity contribution >= 4 is 11.9 Å².